The van der Waals surface area contributed by atoms with Crippen LogP contribution >= 0.6 is 0 Å². The third kappa shape index (κ3) is 4.07. The van der Waals surface area contributed by atoms with E-state index in [9.17, 15) is 9.18 Å². The van der Waals surface area contributed by atoms with Crippen LogP contribution in [0.4, 0.5) is 10.1 Å². The van der Waals surface area contributed by atoms with Gasteiger partial charge in [-0.1, -0.05) is 0 Å². The fourth-order valence-electron chi connectivity index (χ4n) is 2.20. The number of pyridine rings is 1. The average molecular weight is 385 g/mol. The molecule has 0 unspecified atom stereocenters. The van der Waals surface area contributed by atoms with Gasteiger partial charge in [-0.15, -0.1) is 0 Å². The summed E-state index contributed by atoms with van der Waals surface area (Å²) in [5, 5.41) is 3.50. The molecule has 0 saturated heterocycles. The molecule has 5 heteroatoms. The van der Waals surface area contributed by atoms with Crippen molar-refractivity contribution in [3.8, 4) is 0 Å². The number of aromatic nitrogens is 1. The van der Waals surface area contributed by atoms with Gasteiger partial charge in [-0.25, -0.2) is 0 Å². The van der Waals surface area contributed by atoms with E-state index < -0.39 is 0 Å². The first-order chi connectivity index (χ1) is 11.7. The molecule has 0 radical (unpaired) electrons. The van der Waals surface area contributed by atoms with Gasteiger partial charge in [0.1, 0.15) is 0 Å². The molecule has 24 heavy (non-hydrogen) atoms. The zero-order chi connectivity index (χ0) is 16.8. The molecule has 3 aromatic rings. The maximum atomic E-state index is 14.3. The third-order valence-corrected chi connectivity index (χ3v) is 5.84. The van der Waals surface area contributed by atoms with Crippen LogP contribution in [0.15, 0.2) is 73.1 Å². The number of halogens is 1. The molecule has 0 spiro atoms. The van der Waals surface area contributed by atoms with E-state index in [1.807, 2.05) is 30.3 Å². The molecular weight excluding hydrogens is 370 g/mol. The summed E-state index contributed by atoms with van der Waals surface area (Å²) in [5.41, 5.74) is 2.11. The van der Waals surface area contributed by atoms with Gasteiger partial charge in [0.25, 0.3) is 0 Å². The molecule has 0 fully saturated rings. The summed E-state index contributed by atoms with van der Waals surface area (Å²) in [5.74, 6) is -0.641. The molecule has 1 heterocycles. The van der Waals surface area contributed by atoms with Crippen LogP contribution in [0.2, 0.25) is 0 Å². The Hall–Kier alpha value is -2.49. The summed E-state index contributed by atoms with van der Waals surface area (Å²) in [4.78, 5) is 16.5. The number of hydrogen-bond donors (Lipinski definition) is 1. The molecule has 1 N–H and O–H groups in total. The minimum atomic E-state index is -0.329. The molecule has 0 bridgehead atoms. The van der Waals surface area contributed by atoms with Crippen molar-refractivity contribution in [3.63, 3.8) is 0 Å². The van der Waals surface area contributed by atoms with Crippen molar-refractivity contribution in [1.29, 1.82) is 0 Å². The molecule has 120 valence electrons. The Kier molecular flexibility index (Phi) is 5.36. The molecule has 1 amide bonds. The van der Waals surface area contributed by atoms with Crippen LogP contribution in [0.3, 0.4) is 0 Å². The van der Waals surface area contributed by atoms with Gasteiger partial charge < -0.3 is 0 Å². The quantitative estimate of drug-likeness (QED) is 0.687. The predicted octanol–water partition coefficient (Wildman–Crippen LogP) is 3.00. The van der Waals surface area contributed by atoms with Crippen LogP contribution in [0.25, 0.3) is 0 Å². The Morgan fingerprint density at radius 1 is 1.04 bits per heavy atom. The third-order valence-electron chi connectivity index (χ3n) is 3.36. The Morgan fingerprint density at radius 3 is 2.62 bits per heavy atom. The Labute approximate surface area is 146 Å². The van der Waals surface area contributed by atoms with Crippen molar-refractivity contribution in [1.82, 2.24) is 4.98 Å². The van der Waals surface area contributed by atoms with Crippen molar-refractivity contribution in [2.24, 2.45) is 0 Å². The fourth-order valence-corrected chi connectivity index (χ4v) is 4.35. The van der Waals surface area contributed by atoms with Crippen molar-refractivity contribution < 1.29 is 9.18 Å². The predicted molar refractivity (Wildman–Crippen MR) is 94.1 cm³/mol. The Balaban J connectivity index is 1.80. The zero-order valence-corrected chi connectivity index (χ0v) is 14.5. The topological polar surface area (TPSA) is 42.0 Å². The number of nitrogens with zero attached hydrogens (tertiary/aromatic N) is 1. The molecule has 2 aromatic carbocycles. The van der Waals surface area contributed by atoms with E-state index in [1.54, 1.807) is 36.7 Å². The second-order valence-electron chi connectivity index (χ2n) is 5.09. The average Bonchev–Trinajstić information content (AvgIpc) is 2.62. The molecule has 0 saturated carbocycles. The molecule has 1 aromatic heterocycles. The summed E-state index contributed by atoms with van der Waals surface area (Å²) < 4.78 is 14.8. The molecule has 0 aliphatic heterocycles. The number of benzene rings is 2. The molecule has 0 atom stereocenters. The number of nitrogens with one attached hydrogen (secondary N) is 1. The van der Waals surface area contributed by atoms with Crippen LogP contribution in [0.5, 0.6) is 0 Å². The monoisotopic (exact) mass is 386 g/mol. The second-order valence-corrected chi connectivity index (χ2v) is 7.15. The molecular formula is C19H15FN2OSe. The molecule has 0 aliphatic rings. The molecule has 3 nitrogen and oxygen atoms in total. The van der Waals surface area contributed by atoms with E-state index >= 15 is 0 Å². The van der Waals surface area contributed by atoms with Gasteiger partial charge in [-0.2, -0.15) is 0 Å². The van der Waals surface area contributed by atoms with Gasteiger partial charge in [-0.05, 0) is 0 Å². The van der Waals surface area contributed by atoms with Gasteiger partial charge in [-0.3, -0.25) is 0 Å². The van der Waals surface area contributed by atoms with Gasteiger partial charge in [0.05, 0.1) is 0 Å². The van der Waals surface area contributed by atoms with Crippen molar-refractivity contribution >= 4 is 31.0 Å². The number of carbonyl (C=O) groups is 1. The van der Waals surface area contributed by atoms with E-state index in [1.165, 1.54) is 6.07 Å². The van der Waals surface area contributed by atoms with Crippen molar-refractivity contribution in [3.05, 3.63) is 90.0 Å². The van der Waals surface area contributed by atoms with Gasteiger partial charge in [0.2, 0.25) is 0 Å². The summed E-state index contributed by atoms with van der Waals surface area (Å²) in [6.07, 6.45) is 3.19. The van der Waals surface area contributed by atoms with Crippen LogP contribution < -0.4 is 9.78 Å². The zero-order valence-electron chi connectivity index (χ0n) is 12.8. The Bertz CT molecular complexity index is 825. The van der Waals surface area contributed by atoms with E-state index in [0.717, 1.165) is 10.9 Å². The molecule has 3 rings (SSSR count). The number of amides is 1. The number of rotatable bonds is 5. The number of carbonyl (C=O) groups excluding carboxylic acids is 1. The van der Waals surface area contributed by atoms with Crippen molar-refractivity contribution in [2.45, 2.75) is 5.32 Å². The van der Waals surface area contributed by atoms with Crippen LogP contribution in [0.1, 0.15) is 15.9 Å². The normalized spacial score (nSPS) is 10.4. The number of hydrogen-bond acceptors (Lipinski definition) is 2. The van der Waals surface area contributed by atoms with Crippen LogP contribution in [-0.4, -0.2) is 25.8 Å². The first kappa shape index (κ1) is 16.4. The fraction of sp³-hybridized carbons (Fsp3) is 0.0526. The second kappa shape index (κ2) is 7.86. The molecule has 0 aliphatic carbocycles. The summed E-state index contributed by atoms with van der Waals surface area (Å²) >= 11 is -0.172. The summed E-state index contributed by atoms with van der Waals surface area (Å²) in [6, 6.07) is 18.0. The first-order valence-electron chi connectivity index (χ1n) is 7.40. The van der Waals surface area contributed by atoms with E-state index in [4.69, 9.17) is 0 Å². The number of anilines is 1. The van der Waals surface area contributed by atoms with E-state index in [2.05, 4.69) is 10.3 Å². The standard InChI is InChI=1S/C19H15FN2OSe/c20-17-10-4-9-16(19(23)22-15-8-5-11-21-12-15)18(17)24-13-14-6-2-1-3-7-14/h1-12H,13H2,(H,22,23). The van der Waals surface area contributed by atoms with Crippen LogP contribution in [0, 0.1) is 5.82 Å². The first-order valence-corrected chi connectivity index (χ1v) is 9.47. The van der Waals surface area contributed by atoms with E-state index in [0.29, 0.717) is 15.7 Å². The van der Waals surface area contributed by atoms with Gasteiger partial charge in [0.15, 0.2) is 0 Å². The summed E-state index contributed by atoms with van der Waals surface area (Å²) in [6.45, 7) is 0. The summed E-state index contributed by atoms with van der Waals surface area (Å²) in [7, 11) is 0. The Morgan fingerprint density at radius 2 is 1.88 bits per heavy atom. The van der Waals surface area contributed by atoms with Crippen molar-refractivity contribution in [2.75, 3.05) is 5.32 Å². The maximum absolute atomic E-state index is 14.3. The van der Waals surface area contributed by atoms with Gasteiger partial charge >= 0.3 is 146 Å². The van der Waals surface area contributed by atoms with Crippen LogP contribution in [-0.2, 0) is 5.32 Å². The SMILES string of the molecule is O=C(Nc1cccnc1)c1cccc(F)c1[Se]Cc1ccccc1. The minimum absolute atomic E-state index is 0.172. The van der Waals surface area contributed by atoms with E-state index in [-0.39, 0.29) is 26.7 Å². The van der Waals surface area contributed by atoms with Gasteiger partial charge in [0, 0.05) is 0 Å².